The first-order valence-electron chi connectivity index (χ1n) is 5.07. The van der Waals surface area contributed by atoms with Crippen LogP contribution in [0.5, 0.6) is 0 Å². The number of sulfonamides is 1. The smallest absolute Gasteiger partial charge is 0.242 e. The van der Waals surface area contributed by atoms with E-state index in [9.17, 15) is 8.42 Å². The van der Waals surface area contributed by atoms with Crippen LogP contribution in [0.25, 0.3) is 0 Å². The van der Waals surface area contributed by atoms with E-state index in [0.717, 1.165) is 12.8 Å². The second-order valence-corrected chi connectivity index (χ2v) is 6.29. The number of unbranched alkanes of at least 4 members (excludes halogenated alkanes) is 1. The molecule has 0 atom stereocenters. The van der Waals surface area contributed by atoms with E-state index in [-0.39, 0.29) is 5.03 Å². The standard InChI is InChI=1S/C10H15BrN2O2S/c1-3-4-8-13(2)16(14,15)10-9(11)6-5-7-12-10/h5-7H,3-4,8H2,1-2H3. The SMILES string of the molecule is CCCCN(C)S(=O)(=O)c1ncccc1Br. The zero-order valence-electron chi connectivity index (χ0n) is 9.35. The van der Waals surface area contributed by atoms with Gasteiger partial charge in [0.1, 0.15) is 0 Å². The van der Waals surface area contributed by atoms with Gasteiger partial charge in [-0.3, -0.25) is 0 Å². The molecule has 0 aromatic carbocycles. The average molecular weight is 307 g/mol. The van der Waals surface area contributed by atoms with Gasteiger partial charge < -0.3 is 0 Å². The van der Waals surface area contributed by atoms with Crippen molar-refractivity contribution in [1.29, 1.82) is 0 Å². The summed E-state index contributed by atoms with van der Waals surface area (Å²) < 4.78 is 26.0. The summed E-state index contributed by atoms with van der Waals surface area (Å²) in [6.45, 7) is 2.54. The minimum atomic E-state index is -3.47. The Hall–Kier alpha value is -0.460. The van der Waals surface area contributed by atoms with E-state index < -0.39 is 10.0 Å². The number of hydrogen-bond donors (Lipinski definition) is 0. The number of rotatable bonds is 5. The molecule has 1 aromatic heterocycles. The molecule has 0 unspecified atom stereocenters. The van der Waals surface area contributed by atoms with Crippen LogP contribution in [-0.2, 0) is 10.0 Å². The first-order chi connectivity index (χ1) is 7.50. The molecule has 0 saturated heterocycles. The summed E-state index contributed by atoms with van der Waals surface area (Å²) in [6, 6.07) is 3.36. The number of nitrogens with zero attached hydrogens (tertiary/aromatic N) is 2. The second kappa shape index (κ2) is 5.75. The van der Waals surface area contributed by atoms with Crippen molar-refractivity contribution in [3.05, 3.63) is 22.8 Å². The van der Waals surface area contributed by atoms with Gasteiger partial charge in [0.05, 0.1) is 4.47 Å². The van der Waals surface area contributed by atoms with Crippen molar-refractivity contribution < 1.29 is 8.42 Å². The molecule has 0 N–H and O–H groups in total. The van der Waals surface area contributed by atoms with E-state index >= 15 is 0 Å². The van der Waals surface area contributed by atoms with Crippen molar-refractivity contribution in [3.8, 4) is 0 Å². The summed E-state index contributed by atoms with van der Waals surface area (Å²) >= 11 is 3.20. The van der Waals surface area contributed by atoms with Gasteiger partial charge in [-0.1, -0.05) is 13.3 Å². The second-order valence-electron chi connectivity index (χ2n) is 3.47. The topological polar surface area (TPSA) is 50.3 Å². The van der Waals surface area contributed by atoms with Gasteiger partial charge in [0, 0.05) is 19.8 Å². The lowest BCUT2D eigenvalue weighted by atomic mass is 10.3. The van der Waals surface area contributed by atoms with E-state index in [1.807, 2.05) is 6.92 Å². The fraction of sp³-hybridized carbons (Fsp3) is 0.500. The van der Waals surface area contributed by atoms with E-state index in [1.165, 1.54) is 10.5 Å². The summed E-state index contributed by atoms with van der Waals surface area (Å²) in [5, 5.41) is 0.0774. The van der Waals surface area contributed by atoms with Gasteiger partial charge in [0.2, 0.25) is 0 Å². The molecule has 0 aliphatic carbocycles. The molecule has 1 aromatic rings. The normalized spacial score (nSPS) is 12.0. The maximum absolute atomic E-state index is 12.1. The minimum Gasteiger partial charge on any atom is -0.242 e. The number of pyridine rings is 1. The van der Waals surface area contributed by atoms with Crippen LogP contribution in [-0.4, -0.2) is 31.3 Å². The lowest BCUT2D eigenvalue weighted by Crippen LogP contribution is -2.28. The maximum atomic E-state index is 12.1. The predicted molar refractivity (Wildman–Crippen MR) is 66.7 cm³/mol. The van der Waals surface area contributed by atoms with Crippen molar-refractivity contribution in [2.45, 2.75) is 24.8 Å². The molecule has 0 fully saturated rings. The zero-order chi connectivity index (χ0) is 12.2. The minimum absolute atomic E-state index is 0.0774. The predicted octanol–water partition coefficient (Wildman–Crippen LogP) is 2.26. The molecule has 16 heavy (non-hydrogen) atoms. The summed E-state index contributed by atoms with van der Waals surface area (Å²) in [5.74, 6) is 0. The first-order valence-corrected chi connectivity index (χ1v) is 7.30. The molecule has 0 saturated carbocycles. The van der Waals surface area contributed by atoms with Gasteiger partial charge in [0.25, 0.3) is 10.0 Å². The van der Waals surface area contributed by atoms with E-state index in [1.54, 1.807) is 19.2 Å². The van der Waals surface area contributed by atoms with Crippen molar-refractivity contribution in [1.82, 2.24) is 9.29 Å². The van der Waals surface area contributed by atoms with Crippen molar-refractivity contribution in [3.63, 3.8) is 0 Å². The maximum Gasteiger partial charge on any atom is 0.261 e. The van der Waals surface area contributed by atoms with Crippen molar-refractivity contribution in [2.75, 3.05) is 13.6 Å². The zero-order valence-corrected chi connectivity index (χ0v) is 11.8. The summed E-state index contributed by atoms with van der Waals surface area (Å²) in [5.41, 5.74) is 0. The molecular weight excluding hydrogens is 292 g/mol. The quantitative estimate of drug-likeness (QED) is 0.838. The van der Waals surface area contributed by atoms with Gasteiger partial charge in [-0.25, -0.2) is 13.4 Å². The molecule has 1 heterocycles. The van der Waals surface area contributed by atoms with Crippen LogP contribution in [0.4, 0.5) is 0 Å². The summed E-state index contributed by atoms with van der Waals surface area (Å²) in [4.78, 5) is 3.90. The Kier molecular flexibility index (Phi) is 4.89. The molecule has 0 aliphatic heterocycles. The highest BCUT2D eigenvalue weighted by Gasteiger charge is 2.23. The molecule has 0 bridgehead atoms. The van der Waals surface area contributed by atoms with Crippen LogP contribution in [0, 0.1) is 0 Å². The molecule has 90 valence electrons. The average Bonchev–Trinajstić information content (AvgIpc) is 2.26. The Bertz CT molecular complexity index is 448. The van der Waals surface area contributed by atoms with Gasteiger partial charge in [-0.05, 0) is 34.5 Å². The molecule has 0 radical (unpaired) electrons. The summed E-state index contributed by atoms with van der Waals surface area (Å²) in [7, 11) is -1.89. The molecule has 6 heteroatoms. The van der Waals surface area contributed by atoms with Crippen LogP contribution in [0.2, 0.25) is 0 Å². The Labute approximate surface area is 105 Å². The number of halogens is 1. The Morgan fingerprint density at radius 2 is 2.19 bits per heavy atom. The van der Waals surface area contributed by atoms with E-state index in [4.69, 9.17) is 0 Å². The van der Waals surface area contributed by atoms with E-state index in [0.29, 0.717) is 11.0 Å². The monoisotopic (exact) mass is 306 g/mol. The van der Waals surface area contributed by atoms with Crippen LogP contribution in [0.15, 0.2) is 27.8 Å². The lowest BCUT2D eigenvalue weighted by molar-refractivity contribution is 0.456. The lowest BCUT2D eigenvalue weighted by Gasteiger charge is -2.16. The number of aromatic nitrogens is 1. The molecule has 0 amide bonds. The Morgan fingerprint density at radius 3 is 2.75 bits per heavy atom. The first kappa shape index (κ1) is 13.6. The third-order valence-electron chi connectivity index (χ3n) is 2.21. The highest BCUT2D eigenvalue weighted by Crippen LogP contribution is 2.21. The van der Waals surface area contributed by atoms with E-state index in [2.05, 4.69) is 20.9 Å². The molecule has 0 aliphatic rings. The van der Waals surface area contributed by atoms with Crippen LogP contribution < -0.4 is 0 Å². The third-order valence-corrected chi connectivity index (χ3v) is 4.93. The Balaban J connectivity index is 2.98. The molecule has 0 spiro atoms. The Morgan fingerprint density at radius 1 is 1.50 bits per heavy atom. The van der Waals surface area contributed by atoms with Crippen molar-refractivity contribution >= 4 is 26.0 Å². The largest absolute Gasteiger partial charge is 0.261 e. The van der Waals surface area contributed by atoms with Gasteiger partial charge in [0.15, 0.2) is 5.03 Å². The van der Waals surface area contributed by atoms with Gasteiger partial charge in [-0.2, -0.15) is 4.31 Å². The van der Waals surface area contributed by atoms with Gasteiger partial charge in [-0.15, -0.1) is 0 Å². The van der Waals surface area contributed by atoms with Gasteiger partial charge >= 0.3 is 0 Å². The fourth-order valence-electron chi connectivity index (χ4n) is 1.21. The third kappa shape index (κ3) is 3.02. The van der Waals surface area contributed by atoms with Crippen LogP contribution in [0.1, 0.15) is 19.8 Å². The highest BCUT2D eigenvalue weighted by atomic mass is 79.9. The highest BCUT2D eigenvalue weighted by molar-refractivity contribution is 9.10. The van der Waals surface area contributed by atoms with Crippen molar-refractivity contribution in [2.24, 2.45) is 0 Å². The number of hydrogen-bond acceptors (Lipinski definition) is 3. The van der Waals surface area contributed by atoms with Crippen LogP contribution in [0.3, 0.4) is 0 Å². The fourth-order valence-corrected chi connectivity index (χ4v) is 3.25. The van der Waals surface area contributed by atoms with Crippen LogP contribution >= 0.6 is 15.9 Å². The molecular formula is C10H15BrN2O2S. The summed E-state index contributed by atoms with van der Waals surface area (Å²) in [6.07, 6.45) is 3.29. The molecule has 1 rings (SSSR count). The molecule has 4 nitrogen and oxygen atoms in total.